The Morgan fingerprint density at radius 1 is 1.43 bits per heavy atom. The Hall–Kier alpha value is -1.79. The molecule has 0 aliphatic rings. The predicted octanol–water partition coefficient (Wildman–Crippen LogP) is 0.207. The second-order valence-corrected chi connectivity index (χ2v) is 5.21. The lowest BCUT2D eigenvalue weighted by Crippen LogP contribution is -3.12. The van der Waals surface area contributed by atoms with Gasteiger partial charge < -0.3 is 15.0 Å². The Bertz CT molecular complexity index is 522. The van der Waals surface area contributed by atoms with Crippen molar-refractivity contribution in [2.45, 2.75) is 19.5 Å². The number of rotatable bonds is 5. The molecule has 3 N–H and O–H groups in total. The number of hydrogen-bond donors (Lipinski definition) is 3. The first-order chi connectivity index (χ1) is 9.88. The van der Waals surface area contributed by atoms with E-state index in [1.807, 2.05) is 13.1 Å². The molecule has 6 nitrogen and oxygen atoms in total. The number of carbonyl (C=O) groups is 2. The minimum absolute atomic E-state index is 0.340. The Morgan fingerprint density at radius 3 is 2.67 bits per heavy atom. The minimum Gasteiger partial charge on any atom is -0.496 e. The van der Waals surface area contributed by atoms with Gasteiger partial charge in [-0.1, -0.05) is 11.6 Å². The molecule has 0 aromatic heterocycles. The number of benzene rings is 1. The van der Waals surface area contributed by atoms with Crippen molar-refractivity contribution in [3.8, 4) is 5.75 Å². The fourth-order valence-corrected chi connectivity index (χ4v) is 2.04. The average Bonchev–Trinajstić information content (AvgIpc) is 2.46. The summed E-state index contributed by atoms with van der Waals surface area (Å²) in [5, 5.41) is 5.23. The standard InChI is InChI=1S/C14H20ClN3O3/c1-9(13(19)17-14(20)16-2)18(3)8-10-7-11(15)5-6-12(10)21-4/h5-7,9H,8H2,1-4H3,(H2,16,17,19,20)/p+1/t9-/m0/s1. The molecule has 0 heterocycles. The van der Waals surface area contributed by atoms with Crippen molar-refractivity contribution < 1.29 is 19.2 Å². The molecule has 0 fully saturated rings. The van der Waals surface area contributed by atoms with E-state index in [2.05, 4.69) is 10.6 Å². The van der Waals surface area contributed by atoms with E-state index in [1.54, 1.807) is 26.2 Å². The highest BCUT2D eigenvalue weighted by atomic mass is 35.5. The molecule has 0 radical (unpaired) electrons. The lowest BCUT2D eigenvalue weighted by atomic mass is 10.1. The number of urea groups is 1. The molecule has 116 valence electrons. The van der Waals surface area contributed by atoms with Crippen molar-refractivity contribution in [2.75, 3.05) is 21.2 Å². The highest BCUT2D eigenvalue weighted by Gasteiger charge is 2.24. The van der Waals surface area contributed by atoms with Gasteiger partial charge >= 0.3 is 6.03 Å². The van der Waals surface area contributed by atoms with Crippen LogP contribution in [0.3, 0.4) is 0 Å². The summed E-state index contributed by atoms with van der Waals surface area (Å²) in [6, 6.07) is 4.44. The van der Waals surface area contributed by atoms with E-state index in [4.69, 9.17) is 16.3 Å². The van der Waals surface area contributed by atoms with Crippen LogP contribution in [-0.4, -0.2) is 39.2 Å². The average molecular weight is 315 g/mol. The van der Waals surface area contributed by atoms with Gasteiger partial charge in [0, 0.05) is 17.6 Å². The van der Waals surface area contributed by atoms with Gasteiger partial charge in [-0.15, -0.1) is 0 Å². The second-order valence-electron chi connectivity index (χ2n) is 4.77. The van der Waals surface area contributed by atoms with Crippen molar-refractivity contribution in [1.82, 2.24) is 10.6 Å². The minimum atomic E-state index is -0.514. The van der Waals surface area contributed by atoms with Crippen molar-refractivity contribution >= 4 is 23.5 Å². The summed E-state index contributed by atoms with van der Waals surface area (Å²) in [7, 11) is 4.92. The highest BCUT2D eigenvalue weighted by Crippen LogP contribution is 2.21. The summed E-state index contributed by atoms with van der Waals surface area (Å²) in [4.78, 5) is 24.0. The zero-order valence-corrected chi connectivity index (χ0v) is 13.4. The van der Waals surface area contributed by atoms with E-state index in [1.165, 1.54) is 7.05 Å². The maximum atomic E-state index is 11.9. The lowest BCUT2D eigenvalue weighted by Gasteiger charge is -2.21. The molecule has 1 aromatic rings. The Kier molecular flexibility index (Phi) is 6.45. The molecule has 0 bridgehead atoms. The van der Waals surface area contributed by atoms with Crippen molar-refractivity contribution in [3.63, 3.8) is 0 Å². The Labute approximate surface area is 129 Å². The van der Waals surface area contributed by atoms with E-state index in [-0.39, 0.29) is 5.91 Å². The highest BCUT2D eigenvalue weighted by molar-refractivity contribution is 6.30. The SMILES string of the molecule is CNC(=O)NC(=O)[C@H](C)[NH+](C)Cc1cc(Cl)ccc1OC. The van der Waals surface area contributed by atoms with E-state index in [0.717, 1.165) is 16.2 Å². The topological polar surface area (TPSA) is 71.9 Å². The van der Waals surface area contributed by atoms with Crippen LogP contribution in [0.25, 0.3) is 0 Å². The molecule has 21 heavy (non-hydrogen) atoms. The molecule has 0 aliphatic carbocycles. The van der Waals surface area contributed by atoms with Crippen LogP contribution in [0.15, 0.2) is 18.2 Å². The van der Waals surface area contributed by atoms with E-state index >= 15 is 0 Å². The molecule has 1 unspecified atom stereocenters. The molecule has 3 amide bonds. The zero-order chi connectivity index (χ0) is 16.0. The van der Waals surface area contributed by atoms with Crippen LogP contribution in [0.5, 0.6) is 5.75 Å². The number of likely N-dealkylation sites (N-methyl/N-ethyl adjacent to an activating group) is 1. The first-order valence-corrected chi connectivity index (χ1v) is 6.94. The number of halogens is 1. The zero-order valence-electron chi connectivity index (χ0n) is 12.6. The first kappa shape index (κ1) is 17.3. The van der Waals surface area contributed by atoms with Crippen molar-refractivity contribution in [1.29, 1.82) is 0 Å². The molecule has 1 rings (SSSR count). The third-order valence-corrected chi connectivity index (χ3v) is 3.54. The second kappa shape index (κ2) is 7.85. The van der Waals surface area contributed by atoms with Gasteiger partial charge in [0.2, 0.25) is 0 Å². The van der Waals surface area contributed by atoms with Gasteiger partial charge in [0.1, 0.15) is 12.3 Å². The summed E-state index contributed by atoms with van der Waals surface area (Å²) in [6.07, 6.45) is 0. The van der Waals surface area contributed by atoms with E-state index in [0.29, 0.717) is 11.6 Å². The fraction of sp³-hybridized carbons (Fsp3) is 0.429. The maximum absolute atomic E-state index is 11.9. The third kappa shape index (κ3) is 4.91. The number of hydrogen-bond acceptors (Lipinski definition) is 3. The third-order valence-electron chi connectivity index (χ3n) is 3.31. The monoisotopic (exact) mass is 314 g/mol. The molecular formula is C14H21ClN3O3+. The Morgan fingerprint density at radius 2 is 2.10 bits per heavy atom. The number of imide groups is 1. The maximum Gasteiger partial charge on any atom is 0.321 e. The van der Waals surface area contributed by atoms with Gasteiger partial charge in [0.05, 0.1) is 14.2 Å². The number of methoxy groups -OCH3 is 1. The summed E-state index contributed by atoms with van der Waals surface area (Å²) >= 11 is 5.99. The van der Waals surface area contributed by atoms with Gasteiger partial charge in [-0.2, -0.15) is 0 Å². The van der Waals surface area contributed by atoms with Gasteiger partial charge in [0.15, 0.2) is 6.04 Å². The molecule has 1 aromatic carbocycles. The smallest absolute Gasteiger partial charge is 0.321 e. The van der Waals surface area contributed by atoms with Crippen molar-refractivity contribution in [2.24, 2.45) is 0 Å². The summed E-state index contributed by atoms with van der Waals surface area (Å²) in [5.74, 6) is 0.380. The van der Waals surface area contributed by atoms with Gasteiger partial charge in [-0.3, -0.25) is 10.1 Å². The quantitative estimate of drug-likeness (QED) is 0.727. The molecule has 0 spiro atoms. The summed E-state index contributed by atoms with van der Waals surface area (Å²) in [6.45, 7) is 2.30. The number of ether oxygens (including phenoxy) is 1. The van der Waals surface area contributed by atoms with Crippen LogP contribution in [0, 0.1) is 0 Å². The number of amides is 3. The van der Waals surface area contributed by atoms with Crippen LogP contribution in [0.4, 0.5) is 4.79 Å². The van der Waals surface area contributed by atoms with Gasteiger partial charge in [-0.25, -0.2) is 4.79 Å². The molecule has 0 aliphatic heterocycles. The molecule has 7 heteroatoms. The van der Waals surface area contributed by atoms with Crippen LogP contribution in [0.1, 0.15) is 12.5 Å². The predicted molar refractivity (Wildman–Crippen MR) is 80.7 cm³/mol. The molecule has 2 atom stereocenters. The number of quaternary nitrogens is 1. The lowest BCUT2D eigenvalue weighted by molar-refractivity contribution is -0.908. The van der Waals surface area contributed by atoms with Crippen LogP contribution >= 0.6 is 11.6 Å². The largest absolute Gasteiger partial charge is 0.496 e. The molecule has 0 saturated heterocycles. The fourth-order valence-electron chi connectivity index (χ4n) is 1.85. The summed E-state index contributed by atoms with van der Waals surface area (Å²) < 4.78 is 5.29. The molecule has 0 saturated carbocycles. The van der Waals surface area contributed by atoms with Crippen LogP contribution in [-0.2, 0) is 11.3 Å². The van der Waals surface area contributed by atoms with Crippen LogP contribution in [0.2, 0.25) is 5.02 Å². The first-order valence-electron chi connectivity index (χ1n) is 6.56. The molecular weight excluding hydrogens is 294 g/mol. The van der Waals surface area contributed by atoms with Gasteiger partial charge in [-0.05, 0) is 25.1 Å². The number of nitrogens with one attached hydrogen (secondary N) is 3. The van der Waals surface area contributed by atoms with E-state index < -0.39 is 12.1 Å². The number of carbonyl (C=O) groups excluding carboxylic acids is 2. The van der Waals surface area contributed by atoms with Crippen molar-refractivity contribution in [3.05, 3.63) is 28.8 Å². The van der Waals surface area contributed by atoms with E-state index in [9.17, 15) is 9.59 Å². The Balaban J connectivity index is 2.76. The normalized spacial score (nSPS) is 13.2. The van der Waals surface area contributed by atoms with Gasteiger partial charge in [0.25, 0.3) is 5.91 Å². The summed E-state index contributed by atoms with van der Waals surface area (Å²) in [5.41, 5.74) is 0.905. The van der Waals surface area contributed by atoms with Crippen LogP contribution < -0.4 is 20.3 Å².